The maximum absolute atomic E-state index is 14.1. The van der Waals surface area contributed by atoms with Crippen molar-refractivity contribution in [3.05, 3.63) is 98.9 Å². The number of alkyl halides is 3. The lowest BCUT2D eigenvalue weighted by atomic mass is 10.0. The molecule has 1 aliphatic rings. The first-order chi connectivity index (χ1) is 19.5. The number of carbonyl (C=O) groups is 1. The number of hydrogen-bond donors (Lipinski definition) is 1. The zero-order valence-electron chi connectivity index (χ0n) is 21.1. The van der Waals surface area contributed by atoms with Crippen molar-refractivity contribution in [2.75, 3.05) is 13.1 Å². The first-order valence-corrected chi connectivity index (χ1v) is 13.1. The van der Waals surface area contributed by atoms with E-state index >= 15 is 0 Å². The molecule has 0 spiro atoms. The fourth-order valence-electron chi connectivity index (χ4n) is 4.82. The van der Waals surface area contributed by atoms with Gasteiger partial charge in [-0.05, 0) is 47.5 Å². The van der Waals surface area contributed by atoms with Crippen LogP contribution in [0.25, 0.3) is 17.0 Å². The van der Waals surface area contributed by atoms with Crippen molar-refractivity contribution in [2.24, 2.45) is 0 Å². The summed E-state index contributed by atoms with van der Waals surface area (Å²) in [7, 11) is 0. The fraction of sp³-hybridized carbons (Fsp3) is 0.214. The summed E-state index contributed by atoms with van der Waals surface area (Å²) in [5.41, 5.74) is 2.13. The summed E-state index contributed by atoms with van der Waals surface area (Å²) in [6.45, 7) is 1.28. The maximum Gasteiger partial charge on any atom is 0.573 e. The van der Waals surface area contributed by atoms with Gasteiger partial charge in [0.15, 0.2) is 0 Å². The van der Waals surface area contributed by atoms with Crippen molar-refractivity contribution in [3.63, 3.8) is 0 Å². The number of nitrogens with one attached hydrogen (secondary N) is 1. The molecule has 0 unspecified atom stereocenters. The van der Waals surface area contributed by atoms with Crippen molar-refractivity contribution in [1.82, 2.24) is 19.8 Å². The van der Waals surface area contributed by atoms with E-state index in [-0.39, 0.29) is 27.8 Å². The summed E-state index contributed by atoms with van der Waals surface area (Å²) in [6, 6.07) is 8.65. The van der Waals surface area contributed by atoms with Crippen molar-refractivity contribution < 1.29 is 31.5 Å². The SMILES string of the molecule is O=C(NCc1ccnc(Cl)c1)n1c2c(c3ccc(OC(F)(F)F)cc31)CN(CC=Cc1c(F)cc(Cl)cc1F)CC2. The van der Waals surface area contributed by atoms with E-state index in [1.54, 1.807) is 18.2 Å². The molecule has 13 heteroatoms. The monoisotopic (exact) mass is 610 g/mol. The lowest BCUT2D eigenvalue weighted by molar-refractivity contribution is -0.274. The van der Waals surface area contributed by atoms with Crippen LogP contribution in [0.5, 0.6) is 5.75 Å². The van der Waals surface area contributed by atoms with E-state index in [2.05, 4.69) is 15.0 Å². The molecule has 1 N–H and O–H groups in total. The molecular weight excluding hydrogens is 590 g/mol. The van der Waals surface area contributed by atoms with Gasteiger partial charge in [0.1, 0.15) is 22.5 Å². The van der Waals surface area contributed by atoms with Crippen LogP contribution >= 0.6 is 23.2 Å². The molecule has 1 aliphatic heterocycles. The Labute approximate surface area is 240 Å². The topological polar surface area (TPSA) is 59.4 Å². The molecule has 5 rings (SSSR count). The van der Waals surface area contributed by atoms with Crippen LogP contribution in [0.2, 0.25) is 10.2 Å². The third-order valence-corrected chi connectivity index (χ3v) is 6.99. The van der Waals surface area contributed by atoms with Gasteiger partial charge in [-0.15, -0.1) is 13.2 Å². The number of fused-ring (bicyclic) bond motifs is 3. The Bertz CT molecular complexity index is 1630. The van der Waals surface area contributed by atoms with E-state index in [1.165, 1.54) is 35.0 Å². The highest BCUT2D eigenvalue weighted by Crippen LogP contribution is 2.34. The van der Waals surface area contributed by atoms with Crippen molar-refractivity contribution in [3.8, 4) is 5.75 Å². The van der Waals surface area contributed by atoms with Crippen molar-refractivity contribution >= 4 is 46.2 Å². The average molecular weight is 611 g/mol. The molecule has 2 aromatic carbocycles. The molecule has 6 nitrogen and oxygen atoms in total. The summed E-state index contributed by atoms with van der Waals surface area (Å²) in [5.74, 6) is -2.03. The standard InChI is InChI=1S/C28H21Cl2F5N4O2/c29-17-11-22(31)20(23(32)12-17)2-1-8-38-9-6-24-21(15-38)19-4-3-18(41-28(33,34)35)13-25(19)39(24)27(40)37-14-16-5-7-36-26(30)10-16/h1-5,7,10-13H,6,8-9,14-15H2,(H,37,40). The van der Waals surface area contributed by atoms with E-state index in [0.717, 1.165) is 17.7 Å². The van der Waals surface area contributed by atoms with Crippen LogP contribution in [0.15, 0.2) is 54.7 Å². The molecule has 0 aliphatic carbocycles. The molecule has 4 aromatic rings. The summed E-state index contributed by atoms with van der Waals surface area (Å²) in [5, 5.41) is 3.58. The van der Waals surface area contributed by atoms with E-state index < -0.39 is 29.8 Å². The van der Waals surface area contributed by atoms with E-state index in [9.17, 15) is 26.7 Å². The highest BCUT2D eigenvalue weighted by Gasteiger charge is 2.32. The number of pyridine rings is 1. The third kappa shape index (κ3) is 6.64. The predicted octanol–water partition coefficient (Wildman–Crippen LogP) is 7.35. The summed E-state index contributed by atoms with van der Waals surface area (Å²) >= 11 is 11.6. The number of hydrogen-bond acceptors (Lipinski definition) is 4. The molecule has 41 heavy (non-hydrogen) atoms. The maximum atomic E-state index is 14.1. The normalized spacial score (nSPS) is 14.0. The molecule has 0 saturated carbocycles. The van der Waals surface area contributed by atoms with E-state index in [0.29, 0.717) is 42.7 Å². The summed E-state index contributed by atoms with van der Waals surface area (Å²) in [6.07, 6.45) is -0.0672. The molecule has 2 aromatic heterocycles. The number of amides is 1. The molecule has 0 fully saturated rings. The van der Waals surface area contributed by atoms with Gasteiger partial charge in [-0.25, -0.2) is 18.6 Å². The second-order valence-electron chi connectivity index (χ2n) is 9.30. The minimum atomic E-state index is -4.90. The Kier molecular flexibility index (Phi) is 8.21. The predicted molar refractivity (Wildman–Crippen MR) is 145 cm³/mol. The van der Waals surface area contributed by atoms with Crippen LogP contribution in [0.1, 0.15) is 22.4 Å². The number of nitrogens with zero attached hydrogens (tertiary/aromatic N) is 3. The van der Waals surface area contributed by atoms with Gasteiger partial charge >= 0.3 is 12.4 Å². The lowest BCUT2D eigenvalue weighted by Crippen LogP contribution is -2.34. The smallest absolute Gasteiger partial charge is 0.406 e. The van der Waals surface area contributed by atoms with Crippen LogP contribution in [-0.2, 0) is 19.5 Å². The first-order valence-electron chi connectivity index (χ1n) is 12.3. The number of rotatable bonds is 6. The first kappa shape index (κ1) is 28.8. The van der Waals surface area contributed by atoms with Crippen LogP contribution in [0, 0.1) is 11.6 Å². The molecule has 3 heterocycles. The van der Waals surface area contributed by atoms with Crippen LogP contribution in [-0.4, -0.2) is 39.9 Å². The zero-order chi connectivity index (χ0) is 29.3. The molecule has 0 atom stereocenters. The van der Waals surface area contributed by atoms with Gasteiger partial charge in [-0.3, -0.25) is 9.47 Å². The van der Waals surface area contributed by atoms with Gasteiger partial charge in [0.05, 0.1) is 5.52 Å². The Morgan fingerprint density at radius 1 is 1.10 bits per heavy atom. The van der Waals surface area contributed by atoms with Gasteiger partial charge < -0.3 is 10.1 Å². The average Bonchev–Trinajstić information content (AvgIpc) is 3.21. The van der Waals surface area contributed by atoms with Gasteiger partial charge in [0.25, 0.3) is 0 Å². The second kappa shape index (κ2) is 11.7. The van der Waals surface area contributed by atoms with Crippen LogP contribution in [0.3, 0.4) is 0 Å². The minimum absolute atomic E-state index is 0.0468. The largest absolute Gasteiger partial charge is 0.573 e. The summed E-state index contributed by atoms with van der Waals surface area (Å²) < 4.78 is 72.6. The van der Waals surface area contributed by atoms with Crippen LogP contribution in [0.4, 0.5) is 26.7 Å². The third-order valence-electron chi connectivity index (χ3n) is 6.56. The van der Waals surface area contributed by atoms with E-state index in [4.69, 9.17) is 23.2 Å². The van der Waals surface area contributed by atoms with E-state index in [1.807, 2.05) is 4.90 Å². The quantitative estimate of drug-likeness (QED) is 0.183. The molecular formula is C28H21Cl2F5N4O2. The number of carbonyl (C=O) groups excluding carboxylic acids is 1. The molecule has 0 bridgehead atoms. The van der Waals surface area contributed by atoms with Crippen LogP contribution < -0.4 is 10.1 Å². The minimum Gasteiger partial charge on any atom is -0.406 e. The Morgan fingerprint density at radius 3 is 2.56 bits per heavy atom. The van der Waals surface area contributed by atoms with Gasteiger partial charge in [0.2, 0.25) is 0 Å². The highest BCUT2D eigenvalue weighted by molar-refractivity contribution is 6.30. The Balaban J connectivity index is 1.43. The number of halogens is 7. The number of benzene rings is 2. The zero-order valence-corrected chi connectivity index (χ0v) is 22.6. The molecule has 1 amide bonds. The number of aromatic nitrogens is 2. The van der Waals surface area contributed by atoms with Gasteiger partial charge in [-0.1, -0.05) is 35.4 Å². The van der Waals surface area contributed by atoms with Crippen molar-refractivity contribution in [1.29, 1.82) is 0 Å². The number of ether oxygens (including phenoxy) is 1. The van der Waals surface area contributed by atoms with Crippen molar-refractivity contribution in [2.45, 2.75) is 25.9 Å². The molecule has 214 valence electrons. The Morgan fingerprint density at radius 2 is 1.85 bits per heavy atom. The second-order valence-corrected chi connectivity index (χ2v) is 10.1. The Hall–Kier alpha value is -3.67. The fourth-order valence-corrected chi connectivity index (χ4v) is 5.21. The summed E-state index contributed by atoms with van der Waals surface area (Å²) in [4.78, 5) is 19.3. The van der Waals surface area contributed by atoms with Gasteiger partial charge in [0, 0.05) is 66.5 Å². The molecule has 0 radical (unpaired) electrons. The lowest BCUT2D eigenvalue weighted by Gasteiger charge is -2.27. The van der Waals surface area contributed by atoms with Gasteiger partial charge in [-0.2, -0.15) is 0 Å². The highest BCUT2D eigenvalue weighted by atomic mass is 35.5. The molecule has 0 saturated heterocycles.